The summed E-state index contributed by atoms with van der Waals surface area (Å²) >= 11 is 3.22. The molecule has 0 fully saturated rings. The predicted octanol–water partition coefficient (Wildman–Crippen LogP) is 3.07. The van der Waals surface area contributed by atoms with Gasteiger partial charge in [-0.25, -0.2) is 4.39 Å². The number of carbonyl (C=O) groups excluding carboxylic acids is 1. The maximum atomic E-state index is 13.4. The summed E-state index contributed by atoms with van der Waals surface area (Å²) in [6.07, 6.45) is 0.859. The molecule has 0 heterocycles. The van der Waals surface area contributed by atoms with Crippen LogP contribution in [0.25, 0.3) is 0 Å². The van der Waals surface area contributed by atoms with Crippen LogP contribution in [0.1, 0.15) is 23.7 Å². The SMILES string of the molecule is CCCN(C)C(=O)c1cc(Br)ccc1F. The summed E-state index contributed by atoms with van der Waals surface area (Å²) in [6.45, 7) is 2.60. The highest BCUT2D eigenvalue weighted by atomic mass is 79.9. The van der Waals surface area contributed by atoms with Gasteiger partial charge in [-0.05, 0) is 24.6 Å². The van der Waals surface area contributed by atoms with Crippen LogP contribution in [0, 0.1) is 5.82 Å². The Morgan fingerprint density at radius 1 is 1.53 bits per heavy atom. The smallest absolute Gasteiger partial charge is 0.256 e. The van der Waals surface area contributed by atoms with Crippen LogP contribution in [0.15, 0.2) is 22.7 Å². The molecule has 15 heavy (non-hydrogen) atoms. The zero-order valence-electron chi connectivity index (χ0n) is 8.76. The quantitative estimate of drug-likeness (QED) is 0.829. The molecule has 1 aromatic rings. The van der Waals surface area contributed by atoms with Gasteiger partial charge >= 0.3 is 0 Å². The van der Waals surface area contributed by atoms with Crippen molar-refractivity contribution in [3.63, 3.8) is 0 Å². The van der Waals surface area contributed by atoms with E-state index in [2.05, 4.69) is 15.9 Å². The fourth-order valence-corrected chi connectivity index (χ4v) is 1.67. The van der Waals surface area contributed by atoms with Gasteiger partial charge in [0.05, 0.1) is 5.56 Å². The summed E-state index contributed by atoms with van der Waals surface area (Å²) in [4.78, 5) is 13.3. The lowest BCUT2D eigenvalue weighted by atomic mass is 10.2. The Hall–Kier alpha value is -0.900. The molecule has 0 aliphatic carbocycles. The minimum atomic E-state index is -0.480. The van der Waals surface area contributed by atoms with Crippen LogP contribution in [-0.2, 0) is 0 Å². The number of amides is 1. The second-order valence-electron chi connectivity index (χ2n) is 3.35. The highest BCUT2D eigenvalue weighted by Crippen LogP contribution is 2.16. The fraction of sp³-hybridized carbons (Fsp3) is 0.364. The van der Waals surface area contributed by atoms with Crippen molar-refractivity contribution in [3.8, 4) is 0 Å². The Kier molecular flexibility index (Phi) is 4.27. The van der Waals surface area contributed by atoms with Gasteiger partial charge < -0.3 is 4.90 Å². The second kappa shape index (κ2) is 5.26. The standard InChI is InChI=1S/C11H13BrFNO/c1-3-6-14(2)11(15)9-7-8(12)4-5-10(9)13/h4-5,7H,3,6H2,1-2H3. The van der Waals surface area contributed by atoms with Crippen molar-refractivity contribution in [2.75, 3.05) is 13.6 Å². The normalized spacial score (nSPS) is 10.1. The first kappa shape index (κ1) is 12.2. The Labute approximate surface area is 97.2 Å². The zero-order valence-corrected chi connectivity index (χ0v) is 10.3. The highest BCUT2D eigenvalue weighted by Gasteiger charge is 2.15. The molecular weight excluding hydrogens is 261 g/mol. The minimum Gasteiger partial charge on any atom is -0.342 e. The van der Waals surface area contributed by atoms with E-state index >= 15 is 0 Å². The van der Waals surface area contributed by atoms with E-state index in [0.29, 0.717) is 11.0 Å². The third kappa shape index (κ3) is 3.02. The van der Waals surface area contributed by atoms with Crippen LogP contribution in [0.2, 0.25) is 0 Å². The average molecular weight is 274 g/mol. The molecule has 0 radical (unpaired) electrons. The van der Waals surface area contributed by atoms with Crippen molar-refractivity contribution in [3.05, 3.63) is 34.1 Å². The molecule has 0 atom stereocenters. The van der Waals surface area contributed by atoms with Crippen LogP contribution in [-0.4, -0.2) is 24.4 Å². The Morgan fingerprint density at radius 2 is 2.20 bits per heavy atom. The first-order valence-electron chi connectivity index (χ1n) is 4.76. The summed E-state index contributed by atoms with van der Waals surface area (Å²) in [5, 5.41) is 0. The number of hydrogen-bond donors (Lipinski definition) is 0. The number of hydrogen-bond acceptors (Lipinski definition) is 1. The maximum Gasteiger partial charge on any atom is 0.256 e. The summed E-state index contributed by atoms with van der Waals surface area (Å²) in [5.41, 5.74) is 0.111. The van der Waals surface area contributed by atoms with E-state index in [1.165, 1.54) is 17.0 Å². The Balaban J connectivity index is 2.95. The number of benzene rings is 1. The zero-order chi connectivity index (χ0) is 11.4. The molecular formula is C11H13BrFNO. The Morgan fingerprint density at radius 3 is 2.80 bits per heavy atom. The molecule has 1 amide bonds. The maximum absolute atomic E-state index is 13.4. The van der Waals surface area contributed by atoms with E-state index in [4.69, 9.17) is 0 Å². The lowest BCUT2D eigenvalue weighted by Gasteiger charge is -2.16. The number of halogens is 2. The summed E-state index contributed by atoms with van der Waals surface area (Å²) in [6, 6.07) is 4.37. The minimum absolute atomic E-state index is 0.111. The summed E-state index contributed by atoms with van der Waals surface area (Å²) in [5.74, 6) is -0.762. The van der Waals surface area contributed by atoms with Crippen LogP contribution in [0.4, 0.5) is 4.39 Å². The van der Waals surface area contributed by atoms with E-state index in [1.807, 2.05) is 6.92 Å². The van der Waals surface area contributed by atoms with E-state index in [0.717, 1.165) is 6.42 Å². The fourth-order valence-electron chi connectivity index (χ4n) is 1.30. The van der Waals surface area contributed by atoms with Crippen molar-refractivity contribution in [2.45, 2.75) is 13.3 Å². The first-order valence-corrected chi connectivity index (χ1v) is 5.56. The number of rotatable bonds is 3. The molecule has 1 aromatic carbocycles. The summed E-state index contributed by atoms with van der Waals surface area (Å²) in [7, 11) is 1.67. The van der Waals surface area contributed by atoms with Gasteiger partial charge in [-0.1, -0.05) is 22.9 Å². The van der Waals surface area contributed by atoms with Gasteiger partial charge in [-0.3, -0.25) is 4.79 Å². The lowest BCUT2D eigenvalue weighted by Crippen LogP contribution is -2.28. The second-order valence-corrected chi connectivity index (χ2v) is 4.27. The molecule has 0 saturated carbocycles. The third-order valence-electron chi connectivity index (χ3n) is 2.06. The van der Waals surface area contributed by atoms with E-state index in [1.54, 1.807) is 13.1 Å². The van der Waals surface area contributed by atoms with Gasteiger partial charge in [0.1, 0.15) is 5.82 Å². The molecule has 0 unspecified atom stereocenters. The molecule has 2 nitrogen and oxygen atoms in total. The van der Waals surface area contributed by atoms with Gasteiger partial charge in [0.25, 0.3) is 5.91 Å². The molecule has 0 aliphatic heterocycles. The van der Waals surface area contributed by atoms with Crippen molar-refractivity contribution < 1.29 is 9.18 Å². The van der Waals surface area contributed by atoms with Crippen LogP contribution >= 0.6 is 15.9 Å². The van der Waals surface area contributed by atoms with Crippen LogP contribution < -0.4 is 0 Å². The molecule has 0 bridgehead atoms. The van der Waals surface area contributed by atoms with E-state index in [9.17, 15) is 9.18 Å². The van der Waals surface area contributed by atoms with Crippen molar-refractivity contribution in [2.24, 2.45) is 0 Å². The number of carbonyl (C=O) groups is 1. The first-order chi connectivity index (χ1) is 7.06. The Bertz CT molecular complexity index is 368. The molecule has 0 saturated heterocycles. The largest absolute Gasteiger partial charge is 0.342 e. The molecule has 1 rings (SSSR count). The molecule has 0 aromatic heterocycles. The van der Waals surface area contributed by atoms with Gasteiger partial charge in [0, 0.05) is 18.1 Å². The molecule has 82 valence electrons. The number of nitrogens with zero attached hydrogens (tertiary/aromatic N) is 1. The lowest BCUT2D eigenvalue weighted by molar-refractivity contribution is 0.0790. The molecule has 0 spiro atoms. The summed E-state index contributed by atoms with van der Waals surface area (Å²) < 4.78 is 14.1. The molecule has 4 heteroatoms. The highest BCUT2D eigenvalue weighted by molar-refractivity contribution is 9.10. The monoisotopic (exact) mass is 273 g/mol. The van der Waals surface area contributed by atoms with Crippen molar-refractivity contribution in [1.29, 1.82) is 0 Å². The average Bonchev–Trinajstić information content (AvgIpc) is 2.21. The van der Waals surface area contributed by atoms with Crippen LogP contribution in [0.3, 0.4) is 0 Å². The van der Waals surface area contributed by atoms with Crippen molar-refractivity contribution >= 4 is 21.8 Å². The van der Waals surface area contributed by atoms with Crippen LogP contribution in [0.5, 0.6) is 0 Å². The topological polar surface area (TPSA) is 20.3 Å². The third-order valence-corrected chi connectivity index (χ3v) is 2.56. The predicted molar refractivity (Wildman–Crippen MR) is 61.4 cm³/mol. The van der Waals surface area contributed by atoms with Gasteiger partial charge in [0.2, 0.25) is 0 Å². The van der Waals surface area contributed by atoms with E-state index < -0.39 is 5.82 Å². The van der Waals surface area contributed by atoms with E-state index in [-0.39, 0.29) is 11.5 Å². The van der Waals surface area contributed by atoms with Gasteiger partial charge in [0.15, 0.2) is 0 Å². The van der Waals surface area contributed by atoms with Gasteiger partial charge in [-0.15, -0.1) is 0 Å². The van der Waals surface area contributed by atoms with Gasteiger partial charge in [-0.2, -0.15) is 0 Å². The molecule has 0 aliphatic rings. The molecule has 0 N–H and O–H groups in total. The van der Waals surface area contributed by atoms with Crippen molar-refractivity contribution in [1.82, 2.24) is 4.90 Å².